The quantitative estimate of drug-likeness (QED) is 0.0827. The predicted octanol–water partition coefficient (Wildman–Crippen LogP) is 6.84. The maximum atomic E-state index is 14.0. The highest BCUT2D eigenvalue weighted by Crippen LogP contribution is 2.28. The van der Waals surface area contributed by atoms with Crippen molar-refractivity contribution in [2.75, 3.05) is 45.9 Å². The molecular weight excluding hydrogens is 721 g/mol. The van der Waals surface area contributed by atoms with Gasteiger partial charge in [0.1, 0.15) is 6.61 Å². The number of thioether (sulfide) groups is 1. The molecule has 4 amide bonds. The molecule has 1 fully saturated rings. The van der Waals surface area contributed by atoms with Gasteiger partial charge in [0, 0.05) is 58.6 Å². The number of benzene rings is 1. The van der Waals surface area contributed by atoms with Crippen LogP contribution in [0.3, 0.4) is 0 Å². The molecule has 0 saturated carbocycles. The molecule has 6 atom stereocenters. The van der Waals surface area contributed by atoms with Gasteiger partial charge in [-0.05, 0) is 61.0 Å². The van der Waals surface area contributed by atoms with Crippen molar-refractivity contribution in [3.05, 3.63) is 29.8 Å². The highest BCUT2D eigenvalue weighted by atomic mass is 32.2. The number of Topliss-reactive ketones (excluding diaryl/α,β-unsaturated/α-hetero) is 2. The number of rotatable bonds is 25. The minimum Gasteiger partial charge on any atom is -0.445 e. The van der Waals surface area contributed by atoms with Crippen molar-refractivity contribution in [3.63, 3.8) is 0 Å². The lowest BCUT2D eigenvalue weighted by Gasteiger charge is -2.40. The Bertz CT molecular complexity index is 1420. The summed E-state index contributed by atoms with van der Waals surface area (Å²) in [4.78, 5) is 82.3. The van der Waals surface area contributed by atoms with E-state index >= 15 is 0 Å². The van der Waals surface area contributed by atoms with Crippen LogP contribution < -0.4 is 5.32 Å². The summed E-state index contributed by atoms with van der Waals surface area (Å²) in [7, 11) is 5.04. The van der Waals surface area contributed by atoms with Gasteiger partial charge >= 0.3 is 6.09 Å². The number of methoxy groups -OCH3 is 1. The first kappa shape index (κ1) is 47.7. The Morgan fingerprint density at radius 2 is 1.58 bits per heavy atom. The number of imide groups is 1. The molecule has 0 radical (unpaired) electrons. The second-order valence-electron chi connectivity index (χ2n) is 15.6. The van der Waals surface area contributed by atoms with Crippen LogP contribution in [0.5, 0.6) is 0 Å². The Morgan fingerprint density at radius 3 is 2.11 bits per heavy atom. The predicted molar refractivity (Wildman–Crippen MR) is 219 cm³/mol. The maximum absolute atomic E-state index is 14.0. The second kappa shape index (κ2) is 23.6. The van der Waals surface area contributed by atoms with E-state index in [-0.39, 0.29) is 90.4 Å². The zero-order chi connectivity index (χ0) is 41.4. The molecule has 1 unspecified atom stereocenters. The van der Waals surface area contributed by atoms with Crippen molar-refractivity contribution in [1.82, 2.24) is 14.7 Å². The van der Waals surface area contributed by atoms with E-state index in [1.807, 2.05) is 72.2 Å². The zero-order valence-electron chi connectivity index (χ0n) is 35.2. The Morgan fingerprint density at radius 1 is 0.927 bits per heavy atom. The summed E-state index contributed by atoms with van der Waals surface area (Å²) >= 11 is 1.41. The van der Waals surface area contributed by atoms with Crippen molar-refractivity contribution in [1.29, 1.82) is 0 Å². The number of likely N-dealkylation sites (N-methyl/N-ethyl adjacent to an activating group) is 2. The van der Waals surface area contributed by atoms with Crippen molar-refractivity contribution < 1.29 is 38.2 Å². The lowest BCUT2D eigenvalue weighted by molar-refractivity contribution is -0.145. The van der Waals surface area contributed by atoms with Gasteiger partial charge in [0.15, 0.2) is 11.6 Å². The first-order valence-corrected chi connectivity index (χ1v) is 21.2. The molecule has 1 aromatic rings. The molecule has 1 N–H and O–H groups in total. The molecule has 1 aliphatic heterocycles. The lowest BCUT2D eigenvalue weighted by atomic mass is 9.83. The van der Waals surface area contributed by atoms with E-state index in [1.54, 1.807) is 19.1 Å². The maximum Gasteiger partial charge on any atom is 0.410 e. The van der Waals surface area contributed by atoms with E-state index in [2.05, 4.69) is 19.2 Å². The number of ether oxygens (including phenoxy) is 2. The summed E-state index contributed by atoms with van der Waals surface area (Å²) in [5.74, 6) is -1.07. The topological polar surface area (TPSA) is 143 Å². The number of unbranched alkanes of at least 4 members (excludes halogenated alkanes) is 2. The third-order valence-corrected chi connectivity index (χ3v) is 11.9. The summed E-state index contributed by atoms with van der Waals surface area (Å²) in [6.07, 6.45) is 5.54. The van der Waals surface area contributed by atoms with Gasteiger partial charge in [0.2, 0.25) is 17.7 Å². The van der Waals surface area contributed by atoms with Crippen LogP contribution >= 0.6 is 11.8 Å². The first-order valence-electron chi connectivity index (χ1n) is 20.0. The number of carbonyl (C=O) groups is 6. The molecule has 1 saturated heterocycles. The minimum absolute atomic E-state index is 0.000939. The lowest BCUT2D eigenvalue weighted by Crippen LogP contribution is -2.52. The van der Waals surface area contributed by atoms with Gasteiger partial charge in [0.25, 0.3) is 0 Å². The third-order valence-electron chi connectivity index (χ3n) is 10.9. The highest BCUT2D eigenvalue weighted by molar-refractivity contribution is 8.00. The molecule has 0 bridgehead atoms. The van der Waals surface area contributed by atoms with Gasteiger partial charge in [-0.25, -0.2) is 4.79 Å². The largest absolute Gasteiger partial charge is 0.445 e. The number of likely N-dealkylation sites (tertiary alicyclic amines) is 1. The number of ketones is 2. The highest BCUT2D eigenvalue weighted by Gasteiger charge is 2.39. The molecule has 0 aromatic heterocycles. The van der Waals surface area contributed by atoms with Crippen LogP contribution in [0.25, 0.3) is 0 Å². The second-order valence-corrected chi connectivity index (χ2v) is 16.6. The van der Waals surface area contributed by atoms with Crippen LogP contribution in [0.4, 0.5) is 10.5 Å². The average Bonchev–Trinajstić information content (AvgIpc) is 3.44. The number of nitrogens with one attached hydrogen (secondary N) is 1. The number of carbonyl (C=O) groups excluding carboxylic acids is 6. The molecule has 55 heavy (non-hydrogen) atoms. The van der Waals surface area contributed by atoms with Crippen molar-refractivity contribution in [3.8, 4) is 0 Å². The SMILES string of the molecule is CC[C@H](C)[C@@H]([C@@H](CC)OC)N(C)C(=O)[C@@H](CC(=O)[C@H](C(C)C)N(C)C(=O)OCc1ccc(NCC(=O)CCCCCN2C(=O)CC(SC)C2=O)cc1)C(C)C. The Labute approximate surface area is 334 Å². The molecule has 2 rings (SSSR count). The number of nitrogens with zero attached hydrogens (tertiary/aromatic N) is 3. The van der Waals surface area contributed by atoms with Gasteiger partial charge in [-0.15, -0.1) is 0 Å². The Hall–Kier alpha value is -3.45. The number of hydrogen-bond acceptors (Lipinski definition) is 10. The fourth-order valence-electron chi connectivity index (χ4n) is 7.38. The molecule has 0 aliphatic carbocycles. The summed E-state index contributed by atoms with van der Waals surface area (Å²) in [6, 6.07) is 6.35. The molecule has 0 spiro atoms. The van der Waals surface area contributed by atoms with Crippen LogP contribution in [0.2, 0.25) is 0 Å². The van der Waals surface area contributed by atoms with Gasteiger partial charge in [-0.3, -0.25) is 28.9 Å². The Balaban J connectivity index is 1.88. The number of anilines is 1. The van der Waals surface area contributed by atoms with Crippen molar-refractivity contribution in [2.45, 2.75) is 130 Å². The zero-order valence-corrected chi connectivity index (χ0v) is 36.0. The standard InChI is InChI=1S/C42H68N4O8S/c1-12-29(7)39(35(13-2)53-10)44(8)40(50)33(27(3)4)23-34(48)38(28(5)6)45(9)42(52)54-26-30-18-20-31(21-19-30)43-25-32(47)17-15-14-16-22-46-37(49)24-36(55-11)41(46)51/h18-21,27-29,33,35-36,38-39,43H,12-17,22-26H2,1-11H3/t29-,33-,35+,36?,38-,39-/m0/s1. The van der Waals surface area contributed by atoms with Gasteiger partial charge in [0.05, 0.1) is 30.0 Å². The molecule has 13 heteroatoms. The van der Waals surface area contributed by atoms with E-state index in [1.165, 1.54) is 21.6 Å². The normalized spacial score (nSPS) is 17.2. The van der Waals surface area contributed by atoms with E-state index < -0.39 is 18.1 Å². The monoisotopic (exact) mass is 788 g/mol. The molecule has 1 aliphatic rings. The molecule has 310 valence electrons. The van der Waals surface area contributed by atoms with E-state index in [9.17, 15) is 28.8 Å². The fourth-order valence-corrected chi connectivity index (χ4v) is 8.02. The minimum atomic E-state index is -0.769. The van der Waals surface area contributed by atoms with Crippen LogP contribution in [-0.2, 0) is 40.1 Å². The number of amides is 4. The first-order chi connectivity index (χ1) is 26.0. The summed E-state index contributed by atoms with van der Waals surface area (Å²) < 4.78 is 11.4. The summed E-state index contributed by atoms with van der Waals surface area (Å²) in [6.45, 7) is 14.5. The number of hydrogen-bond donors (Lipinski definition) is 1. The van der Waals surface area contributed by atoms with E-state index in [4.69, 9.17) is 9.47 Å². The van der Waals surface area contributed by atoms with Crippen LogP contribution in [-0.4, -0.2) is 114 Å². The fraction of sp³-hybridized carbons (Fsp3) is 0.714. The molecule has 1 heterocycles. The third kappa shape index (κ3) is 13.9. The summed E-state index contributed by atoms with van der Waals surface area (Å²) in [5.41, 5.74) is 1.50. The molecular formula is C42H68N4O8S. The average molecular weight is 789 g/mol. The van der Waals surface area contributed by atoms with E-state index in [0.29, 0.717) is 25.8 Å². The van der Waals surface area contributed by atoms with Crippen LogP contribution in [0, 0.1) is 23.7 Å². The van der Waals surface area contributed by atoms with Crippen LogP contribution in [0.1, 0.15) is 105 Å². The van der Waals surface area contributed by atoms with E-state index in [0.717, 1.165) is 30.5 Å². The van der Waals surface area contributed by atoms with Gasteiger partial charge < -0.3 is 24.6 Å². The Kier molecular flexibility index (Phi) is 20.5. The molecule has 12 nitrogen and oxygen atoms in total. The van der Waals surface area contributed by atoms with Crippen LogP contribution in [0.15, 0.2) is 24.3 Å². The van der Waals surface area contributed by atoms with Crippen molar-refractivity contribution in [2.24, 2.45) is 23.7 Å². The molecule has 1 aromatic carbocycles. The smallest absolute Gasteiger partial charge is 0.410 e. The van der Waals surface area contributed by atoms with Crippen molar-refractivity contribution >= 4 is 52.8 Å². The summed E-state index contributed by atoms with van der Waals surface area (Å²) in [5, 5.41) is 2.86. The van der Waals surface area contributed by atoms with Gasteiger partial charge in [-0.1, -0.05) is 73.4 Å². The van der Waals surface area contributed by atoms with Gasteiger partial charge in [-0.2, -0.15) is 11.8 Å².